The van der Waals surface area contributed by atoms with Crippen LogP contribution in [-0.4, -0.2) is 17.1 Å². The van der Waals surface area contributed by atoms with Crippen LogP contribution >= 0.6 is 15.9 Å². The summed E-state index contributed by atoms with van der Waals surface area (Å²) in [6.07, 6.45) is 4.53. The smallest absolute Gasteiger partial charge is 0.173 e. The van der Waals surface area contributed by atoms with Gasteiger partial charge in [0.05, 0.1) is 4.47 Å². The predicted octanol–water partition coefficient (Wildman–Crippen LogP) is 5.31. The molecule has 0 amide bonds. The van der Waals surface area contributed by atoms with Gasteiger partial charge in [0, 0.05) is 5.41 Å². The fourth-order valence-corrected chi connectivity index (χ4v) is 6.34. The second-order valence-electron chi connectivity index (χ2n) is 7.88. The van der Waals surface area contributed by atoms with Crippen molar-refractivity contribution in [1.82, 2.24) is 0 Å². The number of Topliss-reactive ketones (excluding diaryl/α,β-unsaturated/α-hetero) is 1. The van der Waals surface area contributed by atoms with Gasteiger partial charge in [-0.15, -0.1) is 0 Å². The van der Waals surface area contributed by atoms with Gasteiger partial charge in [-0.3, -0.25) is 4.79 Å². The average Bonchev–Trinajstić information content (AvgIpc) is 2.58. The molecule has 1 N–H and O–H groups in total. The molecule has 1 aromatic carbocycles. The zero-order valence-electron chi connectivity index (χ0n) is 14.0. The second kappa shape index (κ2) is 5.82. The van der Waals surface area contributed by atoms with E-state index in [1.54, 1.807) is 0 Å². The van der Waals surface area contributed by atoms with Crippen LogP contribution in [0.25, 0.3) is 0 Å². The standard InChI is InChI=1S/C20H24BrFO2/c1-2-20-8-7-12-13(15(20)5-6-17(22)19(20)24)4-3-11-9-18(23)16(21)10-14(11)12/h9-10,12-13,15,17,23H,2-8H2,1H3/t12-,13+,15-,17+,20-/m0/s1. The molecule has 4 rings (SSSR count). The zero-order chi connectivity index (χ0) is 17.1. The molecule has 0 aromatic heterocycles. The minimum atomic E-state index is -1.25. The Hall–Kier alpha value is -0.900. The number of halogens is 2. The van der Waals surface area contributed by atoms with E-state index in [4.69, 9.17) is 0 Å². The summed E-state index contributed by atoms with van der Waals surface area (Å²) in [6, 6.07) is 3.96. The van der Waals surface area contributed by atoms with Crippen molar-refractivity contribution in [2.45, 2.75) is 64.0 Å². The number of aromatic hydroxyl groups is 1. The third-order valence-corrected chi connectivity index (χ3v) is 7.77. The van der Waals surface area contributed by atoms with Crippen LogP contribution in [0.4, 0.5) is 4.39 Å². The van der Waals surface area contributed by atoms with Gasteiger partial charge in [0.25, 0.3) is 0 Å². The molecule has 2 saturated carbocycles. The van der Waals surface area contributed by atoms with Crippen LogP contribution in [-0.2, 0) is 11.2 Å². The van der Waals surface area contributed by atoms with Crippen LogP contribution in [0, 0.1) is 17.3 Å². The number of alkyl halides is 1. The lowest BCUT2D eigenvalue weighted by molar-refractivity contribution is -0.149. The third kappa shape index (κ3) is 2.21. The molecule has 0 aliphatic heterocycles. The van der Waals surface area contributed by atoms with Crippen molar-refractivity contribution in [2.24, 2.45) is 17.3 Å². The van der Waals surface area contributed by atoms with E-state index in [-0.39, 0.29) is 5.78 Å². The summed E-state index contributed by atoms with van der Waals surface area (Å²) in [6.45, 7) is 2.06. The van der Waals surface area contributed by atoms with Crippen molar-refractivity contribution in [2.75, 3.05) is 0 Å². The molecule has 0 spiro atoms. The molecule has 130 valence electrons. The number of aryl methyl sites for hydroxylation is 1. The van der Waals surface area contributed by atoms with Gasteiger partial charge in [0.1, 0.15) is 5.75 Å². The molecule has 5 atom stereocenters. The van der Waals surface area contributed by atoms with Gasteiger partial charge >= 0.3 is 0 Å². The van der Waals surface area contributed by atoms with Crippen molar-refractivity contribution in [3.05, 3.63) is 27.7 Å². The Kier molecular flexibility index (Phi) is 4.02. The quantitative estimate of drug-likeness (QED) is 0.700. The fourth-order valence-electron chi connectivity index (χ4n) is 5.97. The van der Waals surface area contributed by atoms with Gasteiger partial charge in [-0.05, 0) is 102 Å². The molecule has 24 heavy (non-hydrogen) atoms. The van der Waals surface area contributed by atoms with Crippen LogP contribution in [0.3, 0.4) is 0 Å². The highest BCUT2D eigenvalue weighted by Crippen LogP contribution is 2.60. The number of hydrogen-bond acceptors (Lipinski definition) is 2. The first-order valence-corrected chi connectivity index (χ1v) is 9.97. The lowest BCUT2D eigenvalue weighted by Gasteiger charge is -2.55. The van der Waals surface area contributed by atoms with Crippen LogP contribution in [0.2, 0.25) is 0 Å². The molecule has 0 radical (unpaired) electrons. The van der Waals surface area contributed by atoms with Gasteiger partial charge in [0.2, 0.25) is 0 Å². The third-order valence-electron chi connectivity index (χ3n) is 7.14. The molecular formula is C20H24BrFO2. The summed E-state index contributed by atoms with van der Waals surface area (Å²) >= 11 is 3.45. The molecule has 0 bridgehead atoms. The Morgan fingerprint density at radius 2 is 2.08 bits per heavy atom. The molecular weight excluding hydrogens is 371 g/mol. The molecule has 0 unspecified atom stereocenters. The Bertz CT molecular complexity index is 688. The molecule has 4 heteroatoms. The maximum Gasteiger partial charge on any atom is 0.173 e. The van der Waals surface area contributed by atoms with E-state index in [0.29, 0.717) is 29.9 Å². The number of phenols is 1. The van der Waals surface area contributed by atoms with Crippen LogP contribution in [0.15, 0.2) is 16.6 Å². The fraction of sp³-hybridized carbons (Fsp3) is 0.650. The monoisotopic (exact) mass is 394 g/mol. The first kappa shape index (κ1) is 16.6. The van der Waals surface area contributed by atoms with E-state index < -0.39 is 11.6 Å². The molecule has 0 saturated heterocycles. The number of ketones is 1. The highest BCUT2D eigenvalue weighted by Gasteiger charge is 2.57. The van der Waals surface area contributed by atoms with Crippen LogP contribution in [0.5, 0.6) is 5.75 Å². The highest BCUT2D eigenvalue weighted by atomic mass is 79.9. The van der Waals surface area contributed by atoms with Crippen molar-refractivity contribution in [3.8, 4) is 5.75 Å². The van der Waals surface area contributed by atoms with Gasteiger partial charge in [0.15, 0.2) is 12.0 Å². The maximum atomic E-state index is 14.2. The number of rotatable bonds is 1. The number of phenolic OH excluding ortho intramolecular Hbond substituents is 1. The average molecular weight is 395 g/mol. The van der Waals surface area contributed by atoms with E-state index in [2.05, 4.69) is 28.9 Å². The summed E-state index contributed by atoms with van der Waals surface area (Å²) in [5.41, 5.74) is 2.15. The van der Waals surface area contributed by atoms with Crippen molar-refractivity contribution < 1.29 is 14.3 Å². The van der Waals surface area contributed by atoms with Crippen LogP contribution in [0.1, 0.15) is 62.5 Å². The van der Waals surface area contributed by atoms with Crippen LogP contribution < -0.4 is 0 Å². The second-order valence-corrected chi connectivity index (χ2v) is 8.73. The minimum Gasteiger partial charge on any atom is -0.507 e. The summed E-state index contributed by atoms with van der Waals surface area (Å²) in [5, 5.41) is 9.97. The molecule has 3 aliphatic rings. The molecule has 3 aliphatic carbocycles. The van der Waals surface area contributed by atoms with E-state index >= 15 is 0 Å². The Labute approximate surface area is 151 Å². The van der Waals surface area contributed by atoms with Crippen molar-refractivity contribution >= 4 is 21.7 Å². The summed E-state index contributed by atoms with van der Waals surface area (Å²) in [5.74, 6) is 1.43. The first-order valence-electron chi connectivity index (χ1n) is 9.17. The first-order chi connectivity index (χ1) is 11.5. The SMILES string of the molecule is CC[C@]12CC[C@@H]3c4cc(Br)c(O)cc4CC[C@H]3[C@@H]1CC[C@@H](F)C2=O. The Balaban J connectivity index is 1.73. The number of carbonyl (C=O) groups excluding carboxylic acids is 1. The van der Waals surface area contributed by atoms with Crippen molar-refractivity contribution in [1.29, 1.82) is 0 Å². The topological polar surface area (TPSA) is 37.3 Å². The van der Waals surface area contributed by atoms with E-state index in [1.807, 2.05) is 6.07 Å². The minimum absolute atomic E-state index is 0.114. The maximum absolute atomic E-state index is 14.2. The normalized spacial score (nSPS) is 38.2. The van der Waals surface area contributed by atoms with E-state index in [0.717, 1.165) is 43.0 Å². The zero-order valence-corrected chi connectivity index (χ0v) is 15.6. The molecule has 1 aromatic rings. The molecule has 2 fully saturated rings. The number of hydrogen-bond donors (Lipinski definition) is 1. The Morgan fingerprint density at radius 1 is 1.29 bits per heavy atom. The van der Waals surface area contributed by atoms with Gasteiger partial charge in [-0.2, -0.15) is 0 Å². The summed E-state index contributed by atoms with van der Waals surface area (Å²) < 4.78 is 14.9. The lowest BCUT2D eigenvalue weighted by Crippen LogP contribution is -2.53. The highest BCUT2D eigenvalue weighted by molar-refractivity contribution is 9.10. The van der Waals surface area contributed by atoms with Gasteiger partial charge in [-0.1, -0.05) is 6.92 Å². The number of benzene rings is 1. The predicted molar refractivity (Wildman–Crippen MR) is 94.9 cm³/mol. The Morgan fingerprint density at radius 3 is 2.83 bits per heavy atom. The van der Waals surface area contributed by atoms with Crippen molar-refractivity contribution in [3.63, 3.8) is 0 Å². The van der Waals surface area contributed by atoms with E-state index in [1.165, 1.54) is 11.1 Å². The molecule has 0 heterocycles. The largest absolute Gasteiger partial charge is 0.507 e. The van der Waals surface area contributed by atoms with E-state index in [9.17, 15) is 14.3 Å². The number of carbonyl (C=O) groups is 1. The summed E-state index contributed by atoms with van der Waals surface area (Å²) in [7, 11) is 0. The molecule has 2 nitrogen and oxygen atoms in total. The van der Waals surface area contributed by atoms with Gasteiger partial charge in [-0.25, -0.2) is 4.39 Å². The summed E-state index contributed by atoms with van der Waals surface area (Å²) in [4.78, 5) is 12.7. The number of fused-ring (bicyclic) bond motifs is 5. The lowest BCUT2D eigenvalue weighted by atomic mass is 9.49. The van der Waals surface area contributed by atoms with Gasteiger partial charge < -0.3 is 5.11 Å².